The standard InChI is InChI=1S/C16H19N3O/c17-19-16(20)15-13(11-6-2-1-3-7-11)10-12-8-4-5-9-14(12)18-15/h4-5,8-11H,1-3,6-7,17H2,(H,19,20). The van der Waals surface area contributed by atoms with Crippen molar-refractivity contribution in [1.29, 1.82) is 0 Å². The summed E-state index contributed by atoms with van der Waals surface area (Å²) in [5, 5.41) is 1.08. The molecule has 104 valence electrons. The molecule has 1 aliphatic rings. The molecule has 1 amide bonds. The van der Waals surface area contributed by atoms with Gasteiger partial charge >= 0.3 is 0 Å². The number of hydrazine groups is 1. The van der Waals surface area contributed by atoms with E-state index in [1.807, 2.05) is 24.3 Å². The molecule has 1 aromatic heterocycles. The molecule has 1 fully saturated rings. The first kappa shape index (κ1) is 13.1. The van der Waals surface area contributed by atoms with Crippen LogP contribution in [0, 0.1) is 0 Å². The van der Waals surface area contributed by atoms with E-state index in [4.69, 9.17) is 5.84 Å². The maximum atomic E-state index is 12.0. The van der Waals surface area contributed by atoms with Crippen molar-refractivity contribution in [3.8, 4) is 0 Å². The summed E-state index contributed by atoms with van der Waals surface area (Å²) in [5.41, 5.74) is 4.59. The highest BCUT2D eigenvalue weighted by Crippen LogP contribution is 2.35. The van der Waals surface area contributed by atoms with Gasteiger partial charge in [-0.1, -0.05) is 37.5 Å². The SMILES string of the molecule is NNC(=O)c1nc2ccccc2cc1C1CCCCC1. The van der Waals surface area contributed by atoms with Gasteiger partial charge in [-0.25, -0.2) is 10.8 Å². The van der Waals surface area contributed by atoms with Gasteiger partial charge in [0, 0.05) is 5.39 Å². The molecule has 0 saturated heterocycles. The number of nitrogens with zero attached hydrogens (tertiary/aromatic N) is 1. The van der Waals surface area contributed by atoms with Crippen LogP contribution < -0.4 is 11.3 Å². The number of aromatic nitrogens is 1. The molecular weight excluding hydrogens is 250 g/mol. The van der Waals surface area contributed by atoms with Crippen molar-refractivity contribution in [3.05, 3.63) is 41.6 Å². The molecule has 1 saturated carbocycles. The van der Waals surface area contributed by atoms with Gasteiger partial charge in [-0.2, -0.15) is 0 Å². The smallest absolute Gasteiger partial charge is 0.284 e. The van der Waals surface area contributed by atoms with Crippen LogP contribution in [0.3, 0.4) is 0 Å². The first-order valence-corrected chi connectivity index (χ1v) is 7.20. The van der Waals surface area contributed by atoms with Gasteiger partial charge in [-0.3, -0.25) is 10.2 Å². The molecule has 1 aromatic carbocycles. The van der Waals surface area contributed by atoms with Crippen molar-refractivity contribution in [2.75, 3.05) is 0 Å². The van der Waals surface area contributed by atoms with Crippen LogP contribution in [0.1, 0.15) is 54.1 Å². The number of fused-ring (bicyclic) bond motifs is 1. The molecule has 0 aliphatic heterocycles. The number of rotatable bonds is 2. The zero-order chi connectivity index (χ0) is 13.9. The average Bonchev–Trinajstić information content (AvgIpc) is 2.53. The largest absolute Gasteiger partial charge is 0.289 e. The molecule has 0 spiro atoms. The highest BCUT2D eigenvalue weighted by atomic mass is 16.2. The van der Waals surface area contributed by atoms with Gasteiger partial charge < -0.3 is 0 Å². The molecular formula is C16H19N3O. The van der Waals surface area contributed by atoms with Gasteiger partial charge in [0.05, 0.1) is 5.52 Å². The van der Waals surface area contributed by atoms with Crippen LogP contribution in [-0.4, -0.2) is 10.9 Å². The van der Waals surface area contributed by atoms with Crippen LogP contribution in [0.5, 0.6) is 0 Å². The summed E-state index contributed by atoms with van der Waals surface area (Å²) >= 11 is 0. The van der Waals surface area contributed by atoms with Gasteiger partial charge in [0.25, 0.3) is 5.91 Å². The fourth-order valence-electron chi connectivity index (χ4n) is 3.11. The van der Waals surface area contributed by atoms with Crippen molar-refractivity contribution >= 4 is 16.8 Å². The van der Waals surface area contributed by atoms with E-state index in [9.17, 15) is 4.79 Å². The Balaban J connectivity index is 2.13. The number of nitrogen functional groups attached to an aromatic ring is 1. The van der Waals surface area contributed by atoms with Crippen molar-refractivity contribution < 1.29 is 4.79 Å². The van der Waals surface area contributed by atoms with Crippen LogP contribution in [0.25, 0.3) is 10.9 Å². The number of nitrogens with one attached hydrogen (secondary N) is 1. The fraction of sp³-hybridized carbons (Fsp3) is 0.375. The Morgan fingerprint density at radius 2 is 1.95 bits per heavy atom. The Hall–Kier alpha value is -1.94. The van der Waals surface area contributed by atoms with E-state index in [0.717, 1.165) is 29.3 Å². The minimum absolute atomic E-state index is 0.295. The number of para-hydroxylation sites is 1. The van der Waals surface area contributed by atoms with E-state index < -0.39 is 0 Å². The minimum atomic E-state index is -0.295. The molecule has 1 heterocycles. The lowest BCUT2D eigenvalue weighted by Gasteiger charge is -2.23. The molecule has 3 rings (SSSR count). The molecule has 20 heavy (non-hydrogen) atoms. The van der Waals surface area contributed by atoms with Crippen LogP contribution in [0.15, 0.2) is 30.3 Å². The van der Waals surface area contributed by atoms with Gasteiger partial charge in [0.2, 0.25) is 0 Å². The number of hydrogen-bond donors (Lipinski definition) is 2. The van der Waals surface area contributed by atoms with Crippen molar-refractivity contribution in [3.63, 3.8) is 0 Å². The normalized spacial score (nSPS) is 16.2. The summed E-state index contributed by atoms with van der Waals surface area (Å²) in [6, 6.07) is 10.0. The summed E-state index contributed by atoms with van der Waals surface area (Å²) in [5.74, 6) is 5.44. The molecule has 4 nitrogen and oxygen atoms in total. The topological polar surface area (TPSA) is 68.0 Å². The summed E-state index contributed by atoms with van der Waals surface area (Å²) in [6.45, 7) is 0. The molecule has 0 bridgehead atoms. The van der Waals surface area contributed by atoms with Gasteiger partial charge in [-0.15, -0.1) is 0 Å². The third-order valence-electron chi connectivity index (χ3n) is 4.14. The van der Waals surface area contributed by atoms with Crippen molar-refractivity contribution in [2.45, 2.75) is 38.0 Å². The Morgan fingerprint density at radius 1 is 1.20 bits per heavy atom. The average molecular weight is 269 g/mol. The number of pyridine rings is 1. The molecule has 3 N–H and O–H groups in total. The predicted molar refractivity (Wildman–Crippen MR) is 79.2 cm³/mol. The molecule has 2 aromatic rings. The zero-order valence-corrected chi connectivity index (χ0v) is 11.4. The third kappa shape index (κ3) is 2.39. The van der Waals surface area contributed by atoms with E-state index >= 15 is 0 Å². The number of nitrogens with two attached hydrogens (primary N) is 1. The summed E-state index contributed by atoms with van der Waals surface area (Å²) in [6.07, 6.45) is 5.99. The molecule has 4 heteroatoms. The van der Waals surface area contributed by atoms with Crippen LogP contribution >= 0.6 is 0 Å². The maximum absolute atomic E-state index is 12.0. The minimum Gasteiger partial charge on any atom is -0.289 e. The number of hydrogen-bond acceptors (Lipinski definition) is 3. The lowest BCUT2D eigenvalue weighted by atomic mass is 9.83. The summed E-state index contributed by atoms with van der Waals surface area (Å²) < 4.78 is 0. The van der Waals surface area contributed by atoms with E-state index in [0.29, 0.717) is 11.6 Å². The van der Waals surface area contributed by atoms with Crippen LogP contribution in [0.2, 0.25) is 0 Å². The van der Waals surface area contributed by atoms with Crippen LogP contribution in [0.4, 0.5) is 0 Å². The van der Waals surface area contributed by atoms with E-state index in [2.05, 4.69) is 16.5 Å². The lowest BCUT2D eigenvalue weighted by molar-refractivity contribution is 0.0947. The second kappa shape index (κ2) is 5.59. The Kier molecular flexibility index (Phi) is 3.65. The molecule has 0 unspecified atom stereocenters. The maximum Gasteiger partial charge on any atom is 0.284 e. The monoisotopic (exact) mass is 269 g/mol. The fourth-order valence-corrected chi connectivity index (χ4v) is 3.11. The first-order chi connectivity index (χ1) is 9.79. The highest BCUT2D eigenvalue weighted by molar-refractivity contribution is 5.96. The Morgan fingerprint density at radius 3 is 2.70 bits per heavy atom. The molecule has 0 radical (unpaired) electrons. The van der Waals surface area contributed by atoms with Crippen LogP contribution in [-0.2, 0) is 0 Å². The number of benzene rings is 1. The second-order valence-corrected chi connectivity index (χ2v) is 5.43. The number of carbonyl (C=O) groups excluding carboxylic acids is 1. The lowest BCUT2D eigenvalue weighted by Crippen LogP contribution is -2.32. The molecule has 1 aliphatic carbocycles. The van der Waals surface area contributed by atoms with E-state index in [1.54, 1.807) is 0 Å². The van der Waals surface area contributed by atoms with E-state index in [-0.39, 0.29) is 5.91 Å². The number of amides is 1. The van der Waals surface area contributed by atoms with Gasteiger partial charge in [-0.05, 0) is 36.5 Å². The van der Waals surface area contributed by atoms with Gasteiger partial charge in [0.1, 0.15) is 5.69 Å². The quantitative estimate of drug-likeness (QED) is 0.500. The Labute approximate surface area is 118 Å². The summed E-state index contributed by atoms with van der Waals surface area (Å²) in [4.78, 5) is 16.6. The highest BCUT2D eigenvalue weighted by Gasteiger charge is 2.23. The van der Waals surface area contributed by atoms with Gasteiger partial charge in [0.15, 0.2) is 0 Å². The van der Waals surface area contributed by atoms with E-state index in [1.165, 1.54) is 19.3 Å². The third-order valence-corrected chi connectivity index (χ3v) is 4.14. The molecule has 0 atom stereocenters. The first-order valence-electron chi connectivity index (χ1n) is 7.20. The second-order valence-electron chi connectivity index (χ2n) is 5.43. The Bertz CT molecular complexity index is 633. The summed E-state index contributed by atoms with van der Waals surface area (Å²) in [7, 11) is 0. The zero-order valence-electron chi connectivity index (χ0n) is 11.4. The van der Waals surface area contributed by atoms with Crippen molar-refractivity contribution in [1.82, 2.24) is 10.4 Å². The number of carbonyl (C=O) groups is 1. The van der Waals surface area contributed by atoms with Crippen molar-refractivity contribution in [2.24, 2.45) is 5.84 Å². The predicted octanol–water partition coefficient (Wildman–Crippen LogP) is 2.89.